The van der Waals surface area contributed by atoms with Gasteiger partial charge in [0.25, 0.3) is 0 Å². The summed E-state index contributed by atoms with van der Waals surface area (Å²) in [4.78, 5) is 30.7. The third kappa shape index (κ3) is 6.63. The van der Waals surface area contributed by atoms with E-state index in [1.54, 1.807) is 20.8 Å². The zero-order valence-corrected chi connectivity index (χ0v) is 23.1. The van der Waals surface area contributed by atoms with Gasteiger partial charge in [-0.15, -0.1) is 0 Å². The Hall–Kier alpha value is -2.05. The number of Topliss-reactive ketones (excluding diaryl/α,β-unsaturated/α-hetero) is 1. The first-order valence-corrected chi connectivity index (χ1v) is 13.5. The van der Waals surface area contributed by atoms with Crippen LogP contribution in [0.3, 0.4) is 0 Å². The van der Waals surface area contributed by atoms with Crippen LogP contribution in [0.25, 0.3) is 6.08 Å². The van der Waals surface area contributed by atoms with Gasteiger partial charge in [-0.1, -0.05) is 47.1 Å². The van der Waals surface area contributed by atoms with E-state index in [0.29, 0.717) is 5.92 Å². The maximum atomic E-state index is 13.3. The molecule has 2 heterocycles. The summed E-state index contributed by atoms with van der Waals surface area (Å²) in [6, 6.07) is 3.95. The molecule has 0 bridgehead atoms. The lowest BCUT2D eigenvalue weighted by atomic mass is 9.73. The normalized spacial score (nSPS) is 36.6. The topological polar surface area (TPSA) is 96.7 Å². The zero-order chi connectivity index (χ0) is 26.8. The fourth-order valence-electron chi connectivity index (χ4n) is 5.67. The summed E-state index contributed by atoms with van der Waals surface area (Å²) in [7, 11) is 0. The second-order valence-corrected chi connectivity index (χ2v) is 12.4. The van der Waals surface area contributed by atoms with Gasteiger partial charge in [0.1, 0.15) is 11.9 Å². The van der Waals surface area contributed by atoms with Crippen LogP contribution in [-0.4, -0.2) is 45.3 Å². The molecule has 7 atom stereocenters. The molecular weight excluding hydrogens is 454 g/mol. The van der Waals surface area contributed by atoms with E-state index in [2.05, 4.69) is 11.9 Å². The van der Waals surface area contributed by atoms with Crippen molar-refractivity contribution >= 4 is 17.8 Å². The summed E-state index contributed by atoms with van der Waals surface area (Å²) >= 11 is 0. The highest BCUT2D eigenvalue weighted by Crippen LogP contribution is 2.58. The molecule has 1 aromatic heterocycles. The molecule has 2 aliphatic rings. The smallest absolute Gasteiger partial charge is 0.309 e. The largest absolute Gasteiger partial charge is 0.458 e. The Kier molecular flexibility index (Phi) is 8.82. The lowest BCUT2D eigenvalue weighted by Gasteiger charge is -2.34. The van der Waals surface area contributed by atoms with Crippen LogP contribution in [0.5, 0.6) is 0 Å². The SMILES string of the molecule is CC(=Cc1ccc(C)cn1)[C@@H]1C[C@@H]2C[C@]2(C)CCC[C@H](C)[C@H](O)[C@@H](C)C(=O)C(C)(C)[C@@H](O)CC(=O)O1. The van der Waals surface area contributed by atoms with E-state index in [4.69, 9.17) is 4.74 Å². The Morgan fingerprint density at radius 1 is 1.17 bits per heavy atom. The number of hydrogen-bond acceptors (Lipinski definition) is 6. The highest BCUT2D eigenvalue weighted by atomic mass is 16.5. The minimum Gasteiger partial charge on any atom is -0.458 e. The molecule has 6 nitrogen and oxygen atoms in total. The number of aliphatic hydroxyl groups is 2. The van der Waals surface area contributed by atoms with Gasteiger partial charge in [0.05, 0.1) is 29.7 Å². The van der Waals surface area contributed by atoms with E-state index in [9.17, 15) is 19.8 Å². The van der Waals surface area contributed by atoms with Crippen LogP contribution >= 0.6 is 0 Å². The Bertz CT molecular complexity index is 968. The van der Waals surface area contributed by atoms with Gasteiger partial charge in [0, 0.05) is 12.1 Å². The number of ether oxygens (including phenoxy) is 1. The van der Waals surface area contributed by atoms with Crippen molar-refractivity contribution in [1.29, 1.82) is 0 Å². The molecule has 1 saturated heterocycles. The van der Waals surface area contributed by atoms with E-state index in [-0.39, 0.29) is 23.5 Å². The molecule has 1 saturated carbocycles. The van der Waals surface area contributed by atoms with Crippen molar-refractivity contribution in [3.8, 4) is 0 Å². The average Bonchev–Trinajstić information content (AvgIpc) is 3.46. The van der Waals surface area contributed by atoms with Gasteiger partial charge in [-0.3, -0.25) is 14.6 Å². The van der Waals surface area contributed by atoms with E-state index in [1.807, 2.05) is 45.2 Å². The fourth-order valence-corrected chi connectivity index (χ4v) is 5.67. The lowest BCUT2D eigenvalue weighted by molar-refractivity contribution is -0.154. The maximum absolute atomic E-state index is 13.3. The average molecular weight is 500 g/mol. The molecule has 1 aromatic rings. The van der Waals surface area contributed by atoms with E-state index in [0.717, 1.165) is 48.9 Å². The highest BCUT2D eigenvalue weighted by Gasteiger charge is 2.50. The van der Waals surface area contributed by atoms with Crippen molar-refractivity contribution in [3.63, 3.8) is 0 Å². The molecule has 200 valence electrons. The van der Waals surface area contributed by atoms with Crippen LogP contribution < -0.4 is 0 Å². The Morgan fingerprint density at radius 2 is 1.86 bits per heavy atom. The molecule has 0 radical (unpaired) electrons. The van der Waals surface area contributed by atoms with Crippen LogP contribution in [0.2, 0.25) is 0 Å². The molecule has 0 aromatic carbocycles. The van der Waals surface area contributed by atoms with Crippen LogP contribution in [0.1, 0.15) is 91.3 Å². The number of aliphatic hydroxyl groups excluding tert-OH is 2. The first kappa shape index (κ1) is 28.5. The summed E-state index contributed by atoms with van der Waals surface area (Å²) in [5, 5.41) is 21.8. The third-order valence-electron chi connectivity index (χ3n) is 8.87. The molecule has 0 amide bonds. The third-order valence-corrected chi connectivity index (χ3v) is 8.87. The number of ketones is 1. The van der Waals surface area contributed by atoms with Crippen molar-refractivity contribution in [1.82, 2.24) is 4.98 Å². The number of fused-ring (bicyclic) bond motifs is 1. The van der Waals surface area contributed by atoms with Crippen LogP contribution in [0.15, 0.2) is 23.9 Å². The molecule has 2 N–H and O–H groups in total. The number of cyclic esters (lactones) is 1. The summed E-state index contributed by atoms with van der Waals surface area (Å²) in [6.07, 6.45) is 5.79. The molecule has 2 fully saturated rings. The van der Waals surface area contributed by atoms with Crippen molar-refractivity contribution in [2.75, 3.05) is 0 Å². The van der Waals surface area contributed by atoms with Gasteiger partial charge in [0.2, 0.25) is 0 Å². The van der Waals surface area contributed by atoms with Crippen LogP contribution in [0.4, 0.5) is 0 Å². The van der Waals surface area contributed by atoms with Gasteiger partial charge in [-0.2, -0.15) is 0 Å². The summed E-state index contributed by atoms with van der Waals surface area (Å²) in [5.74, 6) is -0.955. The van der Waals surface area contributed by atoms with Gasteiger partial charge >= 0.3 is 5.97 Å². The Balaban J connectivity index is 1.86. The summed E-state index contributed by atoms with van der Waals surface area (Å²) in [5.41, 5.74) is 1.82. The van der Waals surface area contributed by atoms with Gasteiger partial charge in [-0.25, -0.2) is 0 Å². The number of rotatable bonds is 2. The molecule has 0 spiro atoms. The van der Waals surface area contributed by atoms with Gasteiger partial charge in [0.15, 0.2) is 0 Å². The Labute approximate surface area is 216 Å². The molecule has 1 aliphatic carbocycles. The van der Waals surface area contributed by atoms with E-state index >= 15 is 0 Å². The minimum absolute atomic E-state index is 0.0181. The highest BCUT2D eigenvalue weighted by molar-refractivity contribution is 5.88. The zero-order valence-electron chi connectivity index (χ0n) is 23.1. The van der Waals surface area contributed by atoms with Crippen LogP contribution in [0, 0.1) is 35.5 Å². The van der Waals surface area contributed by atoms with Gasteiger partial charge in [-0.05, 0) is 80.1 Å². The molecule has 0 unspecified atom stereocenters. The van der Waals surface area contributed by atoms with E-state index in [1.165, 1.54) is 0 Å². The van der Waals surface area contributed by atoms with E-state index < -0.39 is 35.6 Å². The fraction of sp³-hybridized carbons (Fsp3) is 0.700. The molecule has 3 rings (SSSR count). The van der Waals surface area contributed by atoms with Crippen molar-refractivity contribution in [2.24, 2.45) is 28.6 Å². The number of carbonyl (C=O) groups excluding carboxylic acids is 2. The predicted molar refractivity (Wildman–Crippen MR) is 141 cm³/mol. The number of hydrogen-bond donors (Lipinski definition) is 2. The molecule has 1 aliphatic heterocycles. The number of aromatic nitrogens is 1. The van der Waals surface area contributed by atoms with Crippen LogP contribution in [-0.2, 0) is 14.3 Å². The summed E-state index contributed by atoms with van der Waals surface area (Å²) < 4.78 is 5.96. The first-order valence-electron chi connectivity index (χ1n) is 13.5. The standard InChI is InChI=1S/C30H45NO5/c1-18-10-11-23(31-17-18)13-20(3)24-14-22-16-30(22,7)12-8-9-19(2)27(34)21(4)28(35)29(5,6)25(32)15-26(33)36-24/h10-11,13,17,19,21-22,24-25,27,32,34H,8-9,12,14-16H2,1-7H3/t19-,21+,22+,24-,25-,27-,30-/m0/s1. The number of aryl methyl sites for hydroxylation is 1. The van der Waals surface area contributed by atoms with Gasteiger partial charge < -0.3 is 14.9 Å². The second kappa shape index (κ2) is 11.1. The quantitative estimate of drug-likeness (QED) is 0.537. The number of pyridine rings is 1. The second-order valence-electron chi connectivity index (χ2n) is 12.4. The number of nitrogens with zero attached hydrogens (tertiary/aromatic N) is 1. The molecule has 6 heteroatoms. The number of esters is 1. The predicted octanol–water partition coefficient (Wildman–Crippen LogP) is 5.28. The lowest BCUT2D eigenvalue weighted by Crippen LogP contribution is -2.45. The molecule has 36 heavy (non-hydrogen) atoms. The minimum atomic E-state index is -1.20. The number of carbonyl (C=O) groups is 2. The van der Waals surface area contributed by atoms with Crippen molar-refractivity contribution in [3.05, 3.63) is 35.2 Å². The maximum Gasteiger partial charge on any atom is 0.309 e. The van der Waals surface area contributed by atoms with Crippen molar-refractivity contribution < 1.29 is 24.5 Å². The monoisotopic (exact) mass is 499 g/mol. The molecular formula is C30H45NO5. The summed E-state index contributed by atoms with van der Waals surface area (Å²) in [6.45, 7) is 13.3. The van der Waals surface area contributed by atoms with Crippen molar-refractivity contribution in [2.45, 2.75) is 105 Å². The first-order chi connectivity index (χ1) is 16.7. The Morgan fingerprint density at radius 3 is 2.50 bits per heavy atom.